The monoisotopic (exact) mass is 402 g/mol. The number of rotatable bonds is 4. The Balaban J connectivity index is 1.35. The van der Waals surface area contributed by atoms with Crippen molar-refractivity contribution in [2.75, 3.05) is 31.1 Å². The number of aromatic nitrogens is 3. The average molecular weight is 403 g/mol. The molecule has 5 rings (SSSR count). The quantitative estimate of drug-likeness (QED) is 0.836. The molecule has 1 N–H and O–H groups in total. The number of hydrogen-bond acceptors (Lipinski definition) is 8. The Hall–Kier alpha value is -2.00. The zero-order chi connectivity index (χ0) is 19.1. The Morgan fingerprint density at radius 1 is 1.36 bits per heavy atom. The maximum Gasteiger partial charge on any atom is 0.270 e. The number of anilines is 1. The Morgan fingerprint density at radius 2 is 2.25 bits per heavy atom. The van der Waals surface area contributed by atoms with E-state index in [1.165, 1.54) is 37.0 Å². The third-order valence-corrected chi connectivity index (χ3v) is 7.14. The molecule has 1 amide bonds. The predicted octanol–water partition coefficient (Wildman–Crippen LogP) is 1.94. The van der Waals surface area contributed by atoms with Crippen LogP contribution in [0, 0.1) is 18.8 Å². The van der Waals surface area contributed by atoms with Crippen molar-refractivity contribution in [2.24, 2.45) is 11.8 Å². The van der Waals surface area contributed by atoms with Gasteiger partial charge in [-0.2, -0.15) is 4.98 Å². The molecule has 3 saturated heterocycles. The van der Waals surface area contributed by atoms with E-state index in [2.05, 4.69) is 30.2 Å². The van der Waals surface area contributed by atoms with Gasteiger partial charge in [-0.3, -0.25) is 9.69 Å². The summed E-state index contributed by atoms with van der Waals surface area (Å²) in [6.07, 6.45) is 5.00. The maximum absolute atomic E-state index is 12.4. The number of aryl methyl sites for hydroxylation is 1. The Morgan fingerprint density at radius 3 is 3.04 bits per heavy atom. The molecule has 0 spiro atoms. The normalized spacial score (nSPS) is 30.1. The van der Waals surface area contributed by atoms with Crippen LogP contribution in [0.3, 0.4) is 0 Å². The van der Waals surface area contributed by atoms with Crippen molar-refractivity contribution in [3.8, 4) is 0 Å². The Bertz CT molecular complexity index is 824. The van der Waals surface area contributed by atoms with Gasteiger partial charge in [0.15, 0.2) is 0 Å². The third-order valence-electron chi connectivity index (χ3n) is 6.56. The molecule has 0 saturated carbocycles. The fourth-order valence-electron chi connectivity index (χ4n) is 5.38. The predicted molar refractivity (Wildman–Crippen MR) is 105 cm³/mol. The van der Waals surface area contributed by atoms with Crippen molar-refractivity contribution < 1.29 is 9.32 Å². The molecule has 5 heterocycles. The zero-order valence-corrected chi connectivity index (χ0v) is 16.9. The molecule has 28 heavy (non-hydrogen) atoms. The molecule has 0 aliphatic carbocycles. The van der Waals surface area contributed by atoms with Crippen molar-refractivity contribution in [1.82, 2.24) is 25.3 Å². The van der Waals surface area contributed by atoms with E-state index in [1.807, 2.05) is 6.92 Å². The van der Waals surface area contributed by atoms with Gasteiger partial charge in [-0.05, 0) is 42.8 Å². The molecule has 0 aromatic carbocycles. The molecule has 3 aliphatic heterocycles. The molecule has 9 heteroatoms. The summed E-state index contributed by atoms with van der Waals surface area (Å²) in [7, 11) is 0. The number of carbonyl (C=O) groups is 1. The molecule has 0 radical (unpaired) electrons. The van der Waals surface area contributed by atoms with Crippen molar-refractivity contribution >= 4 is 23.2 Å². The van der Waals surface area contributed by atoms with E-state index in [-0.39, 0.29) is 5.91 Å². The lowest BCUT2D eigenvalue weighted by molar-refractivity contribution is -0.0309. The molecule has 2 aromatic rings. The van der Waals surface area contributed by atoms with Gasteiger partial charge in [-0.1, -0.05) is 6.42 Å². The van der Waals surface area contributed by atoms with E-state index in [1.54, 1.807) is 10.9 Å². The summed E-state index contributed by atoms with van der Waals surface area (Å²) in [6.45, 7) is 5.55. The van der Waals surface area contributed by atoms with Crippen LogP contribution in [0.25, 0.3) is 0 Å². The average Bonchev–Trinajstić information content (AvgIpc) is 3.39. The fraction of sp³-hybridized carbons (Fsp3) is 0.684. The minimum Gasteiger partial charge on any atom is -0.349 e. The molecule has 8 nitrogen and oxygen atoms in total. The van der Waals surface area contributed by atoms with Gasteiger partial charge in [0.2, 0.25) is 5.89 Å². The van der Waals surface area contributed by atoms with Crippen molar-refractivity contribution in [3.63, 3.8) is 0 Å². The van der Waals surface area contributed by atoms with Gasteiger partial charge in [-0.15, -0.1) is 11.3 Å². The van der Waals surface area contributed by atoms with Gasteiger partial charge < -0.3 is 14.7 Å². The summed E-state index contributed by atoms with van der Waals surface area (Å²) in [5.41, 5.74) is 2.22. The number of carbonyl (C=O) groups excluding carboxylic acids is 1. The number of nitrogens with one attached hydrogen (secondary N) is 1. The van der Waals surface area contributed by atoms with E-state index in [0.717, 1.165) is 19.6 Å². The molecule has 0 unspecified atom stereocenters. The fourth-order valence-corrected chi connectivity index (χ4v) is 5.91. The summed E-state index contributed by atoms with van der Waals surface area (Å²) in [6, 6.07) is 0.932. The van der Waals surface area contributed by atoms with E-state index < -0.39 is 0 Å². The molecular formula is C19H26N6O2S. The van der Waals surface area contributed by atoms with Crippen LogP contribution in [0.1, 0.15) is 42.1 Å². The summed E-state index contributed by atoms with van der Waals surface area (Å²) in [4.78, 5) is 26.0. The van der Waals surface area contributed by atoms with Crippen LogP contribution >= 0.6 is 11.3 Å². The maximum atomic E-state index is 12.4. The minimum absolute atomic E-state index is 0.0709. The van der Waals surface area contributed by atoms with Gasteiger partial charge in [-0.25, -0.2) is 4.98 Å². The lowest BCUT2D eigenvalue weighted by atomic mass is 9.72. The first-order valence-electron chi connectivity index (χ1n) is 10.2. The molecule has 3 aliphatic rings. The first-order chi connectivity index (χ1) is 13.7. The molecule has 3 fully saturated rings. The van der Waals surface area contributed by atoms with Crippen LogP contribution in [-0.4, -0.2) is 64.2 Å². The minimum atomic E-state index is -0.0709. The van der Waals surface area contributed by atoms with Gasteiger partial charge in [0.25, 0.3) is 11.9 Å². The topological polar surface area (TPSA) is 87.4 Å². The van der Waals surface area contributed by atoms with Crippen molar-refractivity contribution in [3.05, 3.63) is 22.5 Å². The van der Waals surface area contributed by atoms with Crippen molar-refractivity contribution in [1.29, 1.82) is 0 Å². The molecule has 150 valence electrons. The van der Waals surface area contributed by atoms with Crippen LogP contribution < -0.4 is 10.2 Å². The summed E-state index contributed by atoms with van der Waals surface area (Å²) in [5, 5.41) is 9.10. The highest BCUT2D eigenvalue weighted by Crippen LogP contribution is 2.41. The highest BCUT2D eigenvalue weighted by molar-refractivity contribution is 7.07. The molecule has 2 aromatic heterocycles. The summed E-state index contributed by atoms with van der Waals surface area (Å²) in [5.74, 6) is 2.36. The number of fused-ring (bicyclic) bond motifs is 4. The second-order valence-corrected chi connectivity index (χ2v) is 8.94. The van der Waals surface area contributed by atoms with E-state index >= 15 is 0 Å². The largest absolute Gasteiger partial charge is 0.349 e. The standard InChI is InChI=1S/C19H26N6O2S/c1-12-22-19(23-27-12)24-8-13-6-14(9-24)17(25-5-3-2-4-16(13)25)7-20-18(26)15-10-28-11-21-15/h10-11,13-14,16-17H,2-9H2,1H3,(H,20,26)/t13-,14+,16+,17+/m1/s1. The SMILES string of the molecule is Cc1nc(N2C[C@H]3C[C@@H](C2)[C@H](CNC(=O)c2cscn2)N2CCCC[C@@H]32)no1. The Kier molecular flexibility index (Phi) is 4.80. The number of hydrogen-bond donors (Lipinski definition) is 1. The smallest absolute Gasteiger partial charge is 0.270 e. The second kappa shape index (κ2) is 7.44. The first kappa shape index (κ1) is 18.1. The molecule has 2 bridgehead atoms. The number of thiazole rings is 1. The summed E-state index contributed by atoms with van der Waals surface area (Å²) < 4.78 is 5.22. The third kappa shape index (κ3) is 3.30. The van der Waals surface area contributed by atoms with Crippen molar-refractivity contribution in [2.45, 2.75) is 44.7 Å². The van der Waals surface area contributed by atoms with Crippen LogP contribution in [0.5, 0.6) is 0 Å². The van der Waals surface area contributed by atoms with Crippen LogP contribution in [0.2, 0.25) is 0 Å². The lowest BCUT2D eigenvalue weighted by Gasteiger charge is -2.56. The van der Waals surface area contributed by atoms with E-state index in [0.29, 0.717) is 48.0 Å². The van der Waals surface area contributed by atoms with Crippen LogP contribution in [0.15, 0.2) is 15.4 Å². The van der Waals surface area contributed by atoms with Gasteiger partial charge in [0, 0.05) is 44.0 Å². The number of nitrogens with zero attached hydrogens (tertiary/aromatic N) is 5. The summed E-state index contributed by atoms with van der Waals surface area (Å²) >= 11 is 1.45. The zero-order valence-electron chi connectivity index (χ0n) is 16.1. The highest BCUT2D eigenvalue weighted by atomic mass is 32.1. The lowest BCUT2D eigenvalue weighted by Crippen LogP contribution is -2.65. The number of piperidine rings is 3. The molecular weight excluding hydrogens is 376 g/mol. The van der Waals surface area contributed by atoms with E-state index in [9.17, 15) is 4.79 Å². The van der Waals surface area contributed by atoms with Gasteiger partial charge >= 0.3 is 0 Å². The Labute approximate surface area is 168 Å². The van der Waals surface area contributed by atoms with Gasteiger partial charge in [0.05, 0.1) is 5.51 Å². The van der Waals surface area contributed by atoms with Gasteiger partial charge in [0.1, 0.15) is 5.69 Å². The number of amides is 1. The van der Waals surface area contributed by atoms with E-state index in [4.69, 9.17) is 4.52 Å². The van der Waals surface area contributed by atoms with Crippen LogP contribution in [0.4, 0.5) is 5.95 Å². The highest BCUT2D eigenvalue weighted by Gasteiger charge is 2.47. The molecule has 4 atom stereocenters. The first-order valence-corrected chi connectivity index (χ1v) is 11.1. The second-order valence-electron chi connectivity index (χ2n) is 8.23. The van der Waals surface area contributed by atoms with Crippen LogP contribution in [-0.2, 0) is 0 Å².